The number of carbonyl (C=O) groups excluding carboxylic acids is 1. The summed E-state index contributed by atoms with van der Waals surface area (Å²) in [7, 11) is -3.19. The van der Waals surface area contributed by atoms with Crippen molar-refractivity contribution in [3.63, 3.8) is 0 Å². The fourth-order valence-corrected chi connectivity index (χ4v) is 0.698. The molecule has 0 radical (unpaired) electrons. The van der Waals surface area contributed by atoms with Crippen LogP contribution in [0, 0.1) is 0 Å². The second-order valence-corrected chi connectivity index (χ2v) is 3.63. The highest BCUT2D eigenvalue weighted by atomic mass is 32.2. The van der Waals surface area contributed by atoms with Crippen molar-refractivity contribution in [3.05, 3.63) is 0 Å². The monoisotopic (exact) mass is 151 g/mol. The Bertz CT molecular complexity index is 194. The molecule has 0 saturated heterocycles. The molecule has 0 aromatic heterocycles. The summed E-state index contributed by atoms with van der Waals surface area (Å²) >= 11 is 0. The minimum Gasteiger partial charge on any atom is -0.299 e. The van der Waals surface area contributed by atoms with Crippen molar-refractivity contribution in [3.8, 4) is 0 Å². The predicted molar refractivity (Wildman–Crippen MR) is 33.5 cm³/mol. The van der Waals surface area contributed by atoms with Crippen LogP contribution in [0.2, 0.25) is 0 Å². The summed E-state index contributed by atoms with van der Waals surface area (Å²) in [6, 6.07) is 0. The van der Waals surface area contributed by atoms with Gasteiger partial charge in [-0.3, -0.25) is 4.79 Å². The van der Waals surface area contributed by atoms with Gasteiger partial charge in [0.2, 0.25) is 10.0 Å². The molecule has 0 aromatic rings. The molecule has 0 rings (SSSR count). The standard InChI is InChI=1S/C4H9NO3S/c1-4(6)3-5-9(2,7)8/h5H,3H2,1-2H3. The normalized spacial score (nSPS) is 11.3. The Morgan fingerprint density at radius 2 is 2.00 bits per heavy atom. The van der Waals surface area contributed by atoms with E-state index in [1.54, 1.807) is 0 Å². The van der Waals surface area contributed by atoms with Crippen molar-refractivity contribution in [2.24, 2.45) is 0 Å². The summed E-state index contributed by atoms with van der Waals surface area (Å²) in [6.45, 7) is 1.21. The number of carbonyl (C=O) groups is 1. The van der Waals surface area contributed by atoms with Gasteiger partial charge in [0.25, 0.3) is 0 Å². The molecular formula is C4H9NO3S. The van der Waals surface area contributed by atoms with E-state index in [9.17, 15) is 13.2 Å². The minimum absolute atomic E-state index is 0.112. The van der Waals surface area contributed by atoms with E-state index >= 15 is 0 Å². The third-order valence-corrected chi connectivity index (χ3v) is 1.25. The molecule has 0 unspecified atom stereocenters. The van der Waals surface area contributed by atoms with E-state index in [1.807, 2.05) is 4.72 Å². The van der Waals surface area contributed by atoms with Crippen molar-refractivity contribution >= 4 is 15.8 Å². The average Bonchev–Trinajstić information content (AvgIpc) is 1.59. The molecule has 9 heavy (non-hydrogen) atoms. The van der Waals surface area contributed by atoms with Gasteiger partial charge in [-0.05, 0) is 6.92 Å². The van der Waals surface area contributed by atoms with Crippen LogP contribution in [0.1, 0.15) is 6.92 Å². The van der Waals surface area contributed by atoms with Gasteiger partial charge in [0.15, 0.2) is 0 Å². The molecule has 0 spiro atoms. The first-order chi connectivity index (χ1) is 3.92. The number of sulfonamides is 1. The lowest BCUT2D eigenvalue weighted by Gasteiger charge is -1.95. The van der Waals surface area contributed by atoms with E-state index in [2.05, 4.69) is 0 Å². The summed E-state index contributed by atoms with van der Waals surface area (Å²) < 4.78 is 22.6. The lowest BCUT2D eigenvalue weighted by molar-refractivity contribution is -0.115. The van der Waals surface area contributed by atoms with Crippen molar-refractivity contribution in [1.82, 2.24) is 4.72 Å². The van der Waals surface area contributed by atoms with Crippen LogP contribution >= 0.6 is 0 Å². The van der Waals surface area contributed by atoms with Crippen LogP contribution in [-0.4, -0.2) is 27.0 Å². The van der Waals surface area contributed by atoms with Crippen LogP contribution in [0.4, 0.5) is 0 Å². The zero-order chi connectivity index (χ0) is 7.49. The van der Waals surface area contributed by atoms with Crippen LogP contribution in [0.3, 0.4) is 0 Å². The molecule has 0 bridgehead atoms. The van der Waals surface area contributed by atoms with Crippen LogP contribution in [-0.2, 0) is 14.8 Å². The Labute approximate surface area is 54.3 Å². The van der Waals surface area contributed by atoms with Gasteiger partial charge in [0.05, 0.1) is 12.8 Å². The third-order valence-electron chi connectivity index (χ3n) is 0.583. The molecule has 0 aliphatic heterocycles. The number of hydrogen-bond acceptors (Lipinski definition) is 3. The second-order valence-electron chi connectivity index (χ2n) is 1.80. The zero-order valence-corrected chi connectivity index (χ0v) is 6.16. The van der Waals surface area contributed by atoms with Gasteiger partial charge >= 0.3 is 0 Å². The third kappa shape index (κ3) is 7.58. The molecule has 0 aliphatic carbocycles. The Balaban J connectivity index is 3.67. The van der Waals surface area contributed by atoms with Gasteiger partial charge in [-0.1, -0.05) is 0 Å². The van der Waals surface area contributed by atoms with Gasteiger partial charge in [-0.2, -0.15) is 0 Å². The van der Waals surface area contributed by atoms with E-state index in [0.717, 1.165) is 6.26 Å². The molecule has 0 saturated carbocycles. The van der Waals surface area contributed by atoms with E-state index in [1.165, 1.54) is 6.92 Å². The lowest BCUT2D eigenvalue weighted by Crippen LogP contribution is -2.26. The van der Waals surface area contributed by atoms with Crippen molar-refractivity contribution in [1.29, 1.82) is 0 Å². The number of ketones is 1. The number of rotatable bonds is 3. The molecule has 0 aliphatic rings. The van der Waals surface area contributed by atoms with Gasteiger partial charge in [-0.15, -0.1) is 0 Å². The maximum absolute atomic E-state index is 10.3. The maximum Gasteiger partial charge on any atom is 0.209 e. The second kappa shape index (κ2) is 2.93. The Morgan fingerprint density at radius 1 is 1.56 bits per heavy atom. The summed E-state index contributed by atoms with van der Waals surface area (Å²) in [5.74, 6) is -0.194. The summed E-state index contributed by atoms with van der Waals surface area (Å²) in [6.07, 6.45) is 1.01. The van der Waals surface area contributed by atoms with Gasteiger partial charge < -0.3 is 0 Å². The van der Waals surface area contributed by atoms with E-state index in [-0.39, 0.29) is 12.3 Å². The summed E-state index contributed by atoms with van der Waals surface area (Å²) in [5, 5.41) is 0. The highest BCUT2D eigenvalue weighted by Gasteiger charge is 1.99. The van der Waals surface area contributed by atoms with Crippen molar-refractivity contribution in [2.75, 3.05) is 12.8 Å². The molecule has 0 amide bonds. The van der Waals surface area contributed by atoms with E-state index in [4.69, 9.17) is 0 Å². The summed E-state index contributed by atoms with van der Waals surface area (Å²) in [5.41, 5.74) is 0. The summed E-state index contributed by atoms with van der Waals surface area (Å²) in [4.78, 5) is 10.2. The molecule has 54 valence electrons. The Kier molecular flexibility index (Phi) is 2.80. The zero-order valence-electron chi connectivity index (χ0n) is 5.34. The van der Waals surface area contributed by atoms with Crippen LogP contribution in [0.25, 0.3) is 0 Å². The van der Waals surface area contributed by atoms with Crippen molar-refractivity contribution < 1.29 is 13.2 Å². The lowest BCUT2D eigenvalue weighted by atomic mass is 10.5. The molecule has 0 aromatic carbocycles. The number of Topliss-reactive ketones (excluding diaryl/α,β-unsaturated/α-hetero) is 1. The van der Waals surface area contributed by atoms with Crippen LogP contribution < -0.4 is 4.72 Å². The predicted octanol–water partition coefficient (Wildman–Crippen LogP) is -0.875. The minimum atomic E-state index is -3.19. The largest absolute Gasteiger partial charge is 0.299 e. The van der Waals surface area contributed by atoms with Gasteiger partial charge in [0.1, 0.15) is 5.78 Å². The maximum atomic E-state index is 10.3. The topological polar surface area (TPSA) is 63.2 Å². The Hall–Kier alpha value is -0.420. The molecule has 1 N–H and O–H groups in total. The average molecular weight is 151 g/mol. The van der Waals surface area contributed by atoms with Crippen molar-refractivity contribution in [2.45, 2.75) is 6.92 Å². The van der Waals surface area contributed by atoms with Gasteiger partial charge in [-0.25, -0.2) is 13.1 Å². The van der Waals surface area contributed by atoms with E-state index in [0.29, 0.717) is 0 Å². The first kappa shape index (κ1) is 8.58. The SMILES string of the molecule is CC(=O)CNS(C)(=O)=O. The first-order valence-electron chi connectivity index (χ1n) is 2.36. The number of hydrogen-bond donors (Lipinski definition) is 1. The molecule has 0 heterocycles. The molecule has 5 heteroatoms. The molecule has 4 nitrogen and oxygen atoms in total. The van der Waals surface area contributed by atoms with Crippen LogP contribution in [0.15, 0.2) is 0 Å². The van der Waals surface area contributed by atoms with Gasteiger partial charge in [0, 0.05) is 0 Å². The molecular weight excluding hydrogens is 142 g/mol. The smallest absolute Gasteiger partial charge is 0.209 e. The fraction of sp³-hybridized carbons (Fsp3) is 0.750. The fourth-order valence-electron chi connectivity index (χ4n) is 0.233. The highest BCUT2D eigenvalue weighted by Crippen LogP contribution is 1.72. The Morgan fingerprint density at radius 3 is 2.11 bits per heavy atom. The van der Waals surface area contributed by atoms with E-state index < -0.39 is 10.0 Å². The highest BCUT2D eigenvalue weighted by molar-refractivity contribution is 7.88. The van der Waals surface area contributed by atoms with Crippen LogP contribution in [0.5, 0.6) is 0 Å². The molecule has 0 fully saturated rings. The molecule has 0 atom stereocenters. The first-order valence-corrected chi connectivity index (χ1v) is 4.25. The number of nitrogens with one attached hydrogen (secondary N) is 1. The quantitative estimate of drug-likeness (QED) is 0.570.